The second-order valence-electron chi connectivity index (χ2n) is 3.28. The normalized spacial score (nSPS) is 10.4. The second-order valence-corrected chi connectivity index (χ2v) is 4.07. The molecule has 2 aromatic rings. The molecule has 0 fully saturated rings. The molecule has 0 saturated heterocycles. The predicted octanol–water partition coefficient (Wildman–Crippen LogP) is 4.07. The summed E-state index contributed by atoms with van der Waals surface area (Å²) in [7, 11) is 0. The molecule has 2 aromatic carbocycles. The van der Waals surface area contributed by atoms with Gasteiger partial charge < -0.3 is 10.2 Å². The molecule has 4 heteroatoms. The fourth-order valence-electron chi connectivity index (χ4n) is 1.47. The third-order valence-electron chi connectivity index (χ3n) is 2.23. The minimum absolute atomic E-state index is 0.0701. The Morgan fingerprint density at radius 1 is 0.938 bits per heavy atom. The molecular formula is C12H8Cl2O2. The highest BCUT2D eigenvalue weighted by Gasteiger charge is 2.16. The molecule has 0 aliphatic carbocycles. The molecule has 0 amide bonds. The number of aromatic hydroxyl groups is 2. The zero-order valence-corrected chi connectivity index (χ0v) is 9.63. The summed E-state index contributed by atoms with van der Waals surface area (Å²) in [5, 5.41) is 19.5. The van der Waals surface area contributed by atoms with Crippen LogP contribution in [-0.4, -0.2) is 10.2 Å². The Bertz CT molecular complexity index is 498. The molecule has 0 atom stereocenters. The van der Waals surface area contributed by atoms with E-state index in [1.165, 1.54) is 6.07 Å². The van der Waals surface area contributed by atoms with Gasteiger partial charge in [0.15, 0.2) is 0 Å². The van der Waals surface area contributed by atoms with Gasteiger partial charge in [-0.05, 0) is 5.56 Å². The maximum Gasteiger partial charge on any atom is 0.143 e. The Morgan fingerprint density at radius 3 is 2.19 bits per heavy atom. The van der Waals surface area contributed by atoms with Gasteiger partial charge in [-0.15, -0.1) is 0 Å². The average molecular weight is 255 g/mol. The van der Waals surface area contributed by atoms with Crippen LogP contribution in [0, 0.1) is 0 Å². The minimum atomic E-state index is -0.150. The molecule has 0 aliphatic heterocycles. The zero-order valence-electron chi connectivity index (χ0n) is 8.11. The third kappa shape index (κ3) is 1.82. The molecule has 0 saturated carbocycles. The van der Waals surface area contributed by atoms with Gasteiger partial charge in [0.2, 0.25) is 0 Å². The Morgan fingerprint density at radius 2 is 1.56 bits per heavy atom. The van der Waals surface area contributed by atoms with Crippen molar-refractivity contribution in [3.8, 4) is 22.6 Å². The summed E-state index contributed by atoms with van der Waals surface area (Å²) in [5.74, 6) is -0.279. The van der Waals surface area contributed by atoms with Gasteiger partial charge in [0.25, 0.3) is 0 Å². The van der Waals surface area contributed by atoms with Crippen LogP contribution in [-0.2, 0) is 0 Å². The SMILES string of the molecule is Oc1cc(Cl)c(O)c(-c2ccccc2)c1Cl. The average Bonchev–Trinajstić information content (AvgIpc) is 2.28. The molecule has 0 radical (unpaired) electrons. The zero-order chi connectivity index (χ0) is 11.7. The highest BCUT2D eigenvalue weighted by atomic mass is 35.5. The summed E-state index contributed by atoms with van der Waals surface area (Å²) in [6.45, 7) is 0. The highest BCUT2D eigenvalue weighted by molar-refractivity contribution is 6.38. The van der Waals surface area contributed by atoms with Gasteiger partial charge >= 0.3 is 0 Å². The number of halogens is 2. The van der Waals surface area contributed by atoms with Gasteiger partial charge in [-0.3, -0.25) is 0 Å². The standard InChI is InChI=1S/C12H8Cl2O2/c13-8-6-9(15)11(14)10(12(8)16)7-4-2-1-3-5-7/h1-6,15-16H. The monoisotopic (exact) mass is 254 g/mol. The topological polar surface area (TPSA) is 40.5 Å². The van der Waals surface area contributed by atoms with Crippen molar-refractivity contribution in [1.82, 2.24) is 0 Å². The van der Waals surface area contributed by atoms with Crippen LogP contribution in [0.25, 0.3) is 11.1 Å². The van der Waals surface area contributed by atoms with Crippen molar-refractivity contribution in [3.63, 3.8) is 0 Å². The summed E-state index contributed by atoms with van der Waals surface area (Å²) in [6, 6.07) is 10.2. The predicted molar refractivity (Wildman–Crippen MR) is 65.2 cm³/mol. The number of phenolic OH excluding ortho intramolecular Hbond substituents is 2. The fraction of sp³-hybridized carbons (Fsp3) is 0. The van der Waals surface area contributed by atoms with Crippen molar-refractivity contribution in [2.24, 2.45) is 0 Å². The first-order valence-electron chi connectivity index (χ1n) is 4.56. The van der Waals surface area contributed by atoms with E-state index in [9.17, 15) is 10.2 Å². The van der Waals surface area contributed by atoms with Crippen LogP contribution in [0.3, 0.4) is 0 Å². The highest BCUT2D eigenvalue weighted by Crippen LogP contribution is 2.45. The van der Waals surface area contributed by atoms with Crippen molar-refractivity contribution in [3.05, 3.63) is 46.4 Å². The van der Waals surface area contributed by atoms with Crippen molar-refractivity contribution in [2.45, 2.75) is 0 Å². The van der Waals surface area contributed by atoms with Crippen molar-refractivity contribution in [1.29, 1.82) is 0 Å². The van der Waals surface area contributed by atoms with Crippen LogP contribution >= 0.6 is 23.2 Å². The van der Waals surface area contributed by atoms with Gasteiger partial charge in [0.05, 0.1) is 10.0 Å². The maximum atomic E-state index is 9.83. The van der Waals surface area contributed by atoms with E-state index in [0.29, 0.717) is 11.1 Å². The molecule has 0 bridgehead atoms. The Balaban J connectivity index is 2.74. The second kappa shape index (κ2) is 4.24. The minimum Gasteiger partial charge on any atom is -0.506 e. The molecule has 2 rings (SSSR count). The van der Waals surface area contributed by atoms with Gasteiger partial charge in [0, 0.05) is 11.6 Å². The molecule has 2 nitrogen and oxygen atoms in total. The van der Waals surface area contributed by atoms with Crippen LogP contribution < -0.4 is 0 Å². The van der Waals surface area contributed by atoms with Gasteiger partial charge in [-0.2, -0.15) is 0 Å². The quantitative estimate of drug-likeness (QED) is 0.754. The lowest BCUT2D eigenvalue weighted by Gasteiger charge is -2.10. The van der Waals surface area contributed by atoms with Crippen LogP contribution in [0.15, 0.2) is 36.4 Å². The Kier molecular flexibility index (Phi) is 2.95. The van der Waals surface area contributed by atoms with Gasteiger partial charge in [0.1, 0.15) is 11.5 Å². The molecule has 0 spiro atoms. The summed E-state index contributed by atoms with van der Waals surface area (Å²) in [6.07, 6.45) is 0. The molecule has 0 aliphatic rings. The summed E-state index contributed by atoms with van der Waals surface area (Å²) in [4.78, 5) is 0. The van der Waals surface area contributed by atoms with E-state index in [0.717, 1.165) is 0 Å². The molecule has 82 valence electrons. The summed E-state index contributed by atoms with van der Waals surface area (Å²) >= 11 is 11.7. The first kappa shape index (κ1) is 11.1. The molecule has 0 aromatic heterocycles. The van der Waals surface area contributed by atoms with E-state index in [1.807, 2.05) is 18.2 Å². The van der Waals surface area contributed by atoms with Crippen molar-refractivity contribution in [2.75, 3.05) is 0 Å². The van der Waals surface area contributed by atoms with Crippen LogP contribution in [0.1, 0.15) is 0 Å². The first-order chi connectivity index (χ1) is 7.61. The third-order valence-corrected chi connectivity index (χ3v) is 2.90. The molecule has 16 heavy (non-hydrogen) atoms. The van der Waals surface area contributed by atoms with E-state index in [4.69, 9.17) is 23.2 Å². The molecular weight excluding hydrogens is 247 g/mol. The molecule has 0 unspecified atom stereocenters. The number of hydrogen-bond donors (Lipinski definition) is 2. The largest absolute Gasteiger partial charge is 0.506 e. The first-order valence-corrected chi connectivity index (χ1v) is 5.32. The van der Waals surface area contributed by atoms with Crippen molar-refractivity contribution < 1.29 is 10.2 Å². The summed E-state index contributed by atoms with van der Waals surface area (Å²) in [5.41, 5.74) is 1.04. The lowest BCUT2D eigenvalue weighted by Crippen LogP contribution is -1.83. The van der Waals surface area contributed by atoms with E-state index in [1.54, 1.807) is 12.1 Å². The van der Waals surface area contributed by atoms with Crippen LogP contribution in [0.4, 0.5) is 0 Å². The van der Waals surface area contributed by atoms with Crippen LogP contribution in [0.5, 0.6) is 11.5 Å². The Hall–Kier alpha value is -1.38. The molecule has 0 heterocycles. The van der Waals surface area contributed by atoms with Crippen LogP contribution in [0.2, 0.25) is 10.0 Å². The number of hydrogen-bond acceptors (Lipinski definition) is 2. The van der Waals surface area contributed by atoms with Gasteiger partial charge in [-0.25, -0.2) is 0 Å². The van der Waals surface area contributed by atoms with E-state index in [-0.39, 0.29) is 21.5 Å². The lowest BCUT2D eigenvalue weighted by atomic mass is 10.0. The Labute approximate surface area is 103 Å². The van der Waals surface area contributed by atoms with Gasteiger partial charge in [-0.1, -0.05) is 53.5 Å². The van der Waals surface area contributed by atoms with E-state index >= 15 is 0 Å². The maximum absolute atomic E-state index is 9.83. The molecule has 2 N–H and O–H groups in total. The fourth-order valence-corrected chi connectivity index (χ4v) is 1.92. The number of phenols is 2. The van der Waals surface area contributed by atoms with Crippen molar-refractivity contribution >= 4 is 23.2 Å². The summed E-state index contributed by atoms with van der Waals surface area (Å²) < 4.78 is 0. The smallest absolute Gasteiger partial charge is 0.143 e. The number of rotatable bonds is 1. The number of benzene rings is 2. The van der Waals surface area contributed by atoms with E-state index < -0.39 is 0 Å². The van der Waals surface area contributed by atoms with E-state index in [2.05, 4.69) is 0 Å². The lowest BCUT2D eigenvalue weighted by molar-refractivity contribution is 0.462.